The zero-order valence-corrected chi connectivity index (χ0v) is 12.6. The molecule has 4 nitrogen and oxygen atoms in total. The van der Waals surface area contributed by atoms with E-state index in [0.717, 1.165) is 0 Å². The summed E-state index contributed by atoms with van der Waals surface area (Å²) in [6.45, 7) is 1.48. The second kappa shape index (κ2) is 8.14. The number of ether oxygens (including phenoxy) is 1. The van der Waals surface area contributed by atoms with Crippen LogP contribution >= 0.6 is 11.6 Å². The summed E-state index contributed by atoms with van der Waals surface area (Å²) >= 11 is 5.89. The Bertz CT molecular complexity index is 483. The fourth-order valence-electron chi connectivity index (χ4n) is 1.86. The third-order valence-electron chi connectivity index (χ3n) is 2.96. The number of carbonyl (C=O) groups is 1. The van der Waals surface area contributed by atoms with E-state index in [4.69, 9.17) is 16.7 Å². The summed E-state index contributed by atoms with van der Waals surface area (Å²) in [7, 11) is 0. The molecule has 0 heterocycles. The number of hydrogen-bond acceptors (Lipinski definition) is 3. The topological polar surface area (TPSA) is 49.8 Å². The Hall–Kier alpha value is -1.40. The number of rotatable bonds is 8. The number of carboxylic acids is 1. The van der Waals surface area contributed by atoms with E-state index < -0.39 is 12.6 Å². The number of carboxylic acid groups (broad SMARTS) is 1. The summed E-state index contributed by atoms with van der Waals surface area (Å²) < 4.78 is 29.3. The maximum absolute atomic E-state index is 12.4. The molecule has 0 aliphatic heterocycles. The molecule has 1 rings (SSSR count). The number of hydrogen-bond donors (Lipinski definition) is 1. The zero-order chi connectivity index (χ0) is 16.0. The van der Waals surface area contributed by atoms with E-state index in [1.165, 1.54) is 12.1 Å². The fraction of sp³-hybridized carbons (Fsp3) is 0.500. The molecule has 21 heavy (non-hydrogen) atoms. The van der Waals surface area contributed by atoms with Crippen LogP contribution in [0.4, 0.5) is 8.78 Å². The minimum atomic E-state index is -2.92. The molecule has 1 aromatic rings. The molecule has 0 saturated heterocycles. The Balaban J connectivity index is 2.90. The highest BCUT2D eigenvalue weighted by Gasteiger charge is 2.16. The van der Waals surface area contributed by atoms with Gasteiger partial charge in [0, 0.05) is 29.7 Å². The summed E-state index contributed by atoms with van der Waals surface area (Å²) in [6.07, 6.45) is -0.0240. The van der Waals surface area contributed by atoms with Crippen molar-refractivity contribution in [1.29, 1.82) is 0 Å². The molecule has 0 unspecified atom stereocenters. The Morgan fingerprint density at radius 1 is 1.43 bits per heavy atom. The Kier molecular flexibility index (Phi) is 6.84. The lowest BCUT2D eigenvalue weighted by Crippen LogP contribution is -2.32. The maximum atomic E-state index is 12.4. The molecule has 0 fully saturated rings. The first-order chi connectivity index (χ1) is 9.79. The van der Waals surface area contributed by atoms with Gasteiger partial charge in [0.15, 0.2) is 0 Å². The fourth-order valence-corrected chi connectivity index (χ4v) is 2.06. The maximum Gasteiger partial charge on any atom is 0.387 e. The van der Waals surface area contributed by atoms with E-state index in [0.29, 0.717) is 17.1 Å². The predicted octanol–water partition coefficient (Wildman–Crippen LogP) is 3.63. The van der Waals surface area contributed by atoms with Crippen molar-refractivity contribution in [1.82, 2.24) is 4.90 Å². The van der Waals surface area contributed by atoms with Gasteiger partial charge in [-0.05, 0) is 32.0 Å². The third kappa shape index (κ3) is 6.27. The van der Waals surface area contributed by atoms with Crippen LogP contribution in [-0.2, 0) is 11.3 Å². The van der Waals surface area contributed by atoms with Crippen molar-refractivity contribution in [2.45, 2.75) is 39.5 Å². The van der Waals surface area contributed by atoms with Gasteiger partial charge in [0.25, 0.3) is 0 Å². The Labute approximate surface area is 127 Å². The van der Waals surface area contributed by atoms with Crippen LogP contribution in [0.2, 0.25) is 5.02 Å². The first kappa shape index (κ1) is 17.7. The highest BCUT2D eigenvalue weighted by atomic mass is 35.5. The number of nitrogens with zero attached hydrogens (tertiary/aromatic N) is 1. The SMILES string of the molecule is CC(C)N(CCC(=O)O)Cc1cc(Cl)ccc1OC(F)F. The van der Waals surface area contributed by atoms with Gasteiger partial charge in [-0.3, -0.25) is 9.69 Å². The summed E-state index contributed by atoms with van der Waals surface area (Å²) in [4.78, 5) is 12.5. The Morgan fingerprint density at radius 3 is 2.62 bits per heavy atom. The van der Waals surface area contributed by atoms with Gasteiger partial charge < -0.3 is 9.84 Å². The summed E-state index contributed by atoms with van der Waals surface area (Å²) in [5.74, 6) is -0.855. The van der Waals surface area contributed by atoms with Gasteiger partial charge in [0.1, 0.15) is 5.75 Å². The van der Waals surface area contributed by atoms with Crippen molar-refractivity contribution < 1.29 is 23.4 Å². The van der Waals surface area contributed by atoms with Crippen molar-refractivity contribution in [2.75, 3.05) is 6.54 Å². The molecule has 118 valence electrons. The lowest BCUT2D eigenvalue weighted by molar-refractivity contribution is -0.137. The molecular formula is C14H18ClF2NO3. The van der Waals surface area contributed by atoms with Gasteiger partial charge in [-0.1, -0.05) is 11.6 Å². The average Bonchev–Trinajstić information content (AvgIpc) is 2.36. The number of halogens is 3. The minimum absolute atomic E-state index is 0.0240. The second-order valence-corrected chi connectivity index (χ2v) is 5.27. The van der Waals surface area contributed by atoms with Crippen LogP contribution in [-0.4, -0.2) is 35.2 Å². The van der Waals surface area contributed by atoms with E-state index in [9.17, 15) is 13.6 Å². The monoisotopic (exact) mass is 321 g/mol. The van der Waals surface area contributed by atoms with E-state index in [1.54, 1.807) is 6.07 Å². The normalized spacial score (nSPS) is 11.4. The van der Waals surface area contributed by atoms with Crippen LogP contribution in [0.1, 0.15) is 25.8 Å². The lowest BCUT2D eigenvalue weighted by atomic mass is 10.1. The van der Waals surface area contributed by atoms with Gasteiger partial charge in [0.05, 0.1) is 6.42 Å². The van der Waals surface area contributed by atoms with Crippen molar-refractivity contribution >= 4 is 17.6 Å². The van der Waals surface area contributed by atoms with Gasteiger partial charge in [-0.2, -0.15) is 8.78 Å². The summed E-state index contributed by atoms with van der Waals surface area (Å²) in [6, 6.07) is 4.47. The van der Waals surface area contributed by atoms with Crippen LogP contribution in [0.25, 0.3) is 0 Å². The predicted molar refractivity (Wildman–Crippen MR) is 75.9 cm³/mol. The van der Waals surface area contributed by atoms with Crippen molar-refractivity contribution in [2.24, 2.45) is 0 Å². The number of aliphatic carboxylic acids is 1. The molecule has 0 amide bonds. The first-order valence-electron chi connectivity index (χ1n) is 6.48. The number of alkyl halides is 2. The van der Waals surface area contributed by atoms with Crippen LogP contribution in [0, 0.1) is 0 Å². The van der Waals surface area contributed by atoms with Gasteiger partial charge in [0.2, 0.25) is 0 Å². The minimum Gasteiger partial charge on any atom is -0.481 e. The average molecular weight is 322 g/mol. The second-order valence-electron chi connectivity index (χ2n) is 4.84. The molecule has 0 radical (unpaired) electrons. The van der Waals surface area contributed by atoms with Crippen molar-refractivity contribution in [3.8, 4) is 5.75 Å². The standard InChI is InChI=1S/C14H18ClF2NO3/c1-9(2)18(6-5-13(19)20)8-10-7-11(15)3-4-12(10)21-14(16)17/h3-4,7,9,14H,5-6,8H2,1-2H3,(H,19,20). The van der Waals surface area contributed by atoms with E-state index in [-0.39, 0.29) is 24.8 Å². The van der Waals surface area contributed by atoms with Gasteiger partial charge in [-0.15, -0.1) is 0 Å². The number of benzene rings is 1. The smallest absolute Gasteiger partial charge is 0.387 e. The first-order valence-corrected chi connectivity index (χ1v) is 6.86. The largest absolute Gasteiger partial charge is 0.481 e. The summed E-state index contributed by atoms with van der Waals surface area (Å²) in [5.41, 5.74) is 0.502. The molecule has 0 aliphatic rings. The molecule has 1 N–H and O–H groups in total. The highest BCUT2D eigenvalue weighted by molar-refractivity contribution is 6.30. The van der Waals surface area contributed by atoms with Crippen LogP contribution < -0.4 is 4.74 Å². The third-order valence-corrected chi connectivity index (χ3v) is 3.19. The highest BCUT2D eigenvalue weighted by Crippen LogP contribution is 2.26. The quantitative estimate of drug-likeness (QED) is 0.794. The zero-order valence-electron chi connectivity index (χ0n) is 11.9. The van der Waals surface area contributed by atoms with E-state index in [2.05, 4.69) is 4.74 Å². The van der Waals surface area contributed by atoms with Crippen molar-refractivity contribution in [3.05, 3.63) is 28.8 Å². The lowest BCUT2D eigenvalue weighted by Gasteiger charge is -2.26. The molecule has 0 atom stereocenters. The van der Waals surface area contributed by atoms with Gasteiger partial charge >= 0.3 is 12.6 Å². The van der Waals surface area contributed by atoms with Crippen LogP contribution in [0.5, 0.6) is 5.75 Å². The van der Waals surface area contributed by atoms with Crippen LogP contribution in [0.3, 0.4) is 0 Å². The molecule has 7 heteroatoms. The molecule has 1 aromatic carbocycles. The molecule has 0 bridgehead atoms. The molecule has 0 saturated carbocycles. The summed E-state index contributed by atoms with van der Waals surface area (Å²) in [5, 5.41) is 9.17. The van der Waals surface area contributed by atoms with Crippen molar-refractivity contribution in [3.63, 3.8) is 0 Å². The van der Waals surface area contributed by atoms with E-state index in [1.807, 2.05) is 18.7 Å². The van der Waals surface area contributed by atoms with E-state index >= 15 is 0 Å². The molecule has 0 aliphatic carbocycles. The Morgan fingerprint density at radius 2 is 2.10 bits per heavy atom. The molecule has 0 spiro atoms. The van der Waals surface area contributed by atoms with Gasteiger partial charge in [-0.25, -0.2) is 0 Å². The molecule has 0 aromatic heterocycles. The molecular weight excluding hydrogens is 304 g/mol. The van der Waals surface area contributed by atoms with Crippen LogP contribution in [0.15, 0.2) is 18.2 Å².